The molecule has 1 amide bonds. The van der Waals surface area contributed by atoms with Crippen LogP contribution < -0.4 is 11.1 Å². The average molecular weight is 270 g/mol. The Labute approximate surface area is 113 Å². The molecule has 7 heteroatoms. The second kappa shape index (κ2) is 7.10. The smallest absolute Gasteiger partial charge is 0.241 e. The predicted molar refractivity (Wildman–Crippen MR) is 71.8 cm³/mol. The van der Waals surface area contributed by atoms with Gasteiger partial charge in [-0.25, -0.2) is 0 Å². The van der Waals surface area contributed by atoms with E-state index < -0.39 is 0 Å². The van der Waals surface area contributed by atoms with Gasteiger partial charge in [0.15, 0.2) is 0 Å². The summed E-state index contributed by atoms with van der Waals surface area (Å²) in [5, 5.41) is 6.99. The van der Waals surface area contributed by atoms with Crippen LogP contribution in [0.25, 0.3) is 0 Å². The Hall–Kier alpha value is -1.60. The van der Waals surface area contributed by atoms with Crippen molar-refractivity contribution in [2.24, 2.45) is 0 Å². The second-order valence-electron chi connectivity index (χ2n) is 4.36. The van der Waals surface area contributed by atoms with Gasteiger partial charge in [0.05, 0.1) is 29.8 Å². The number of carbonyl (C=O) groups excluding carboxylic acids is 1. The first kappa shape index (κ1) is 15.5. The minimum absolute atomic E-state index is 0.135. The summed E-state index contributed by atoms with van der Waals surface area (Å²) in [5.41, 5.74) is 7.97. The number of methoxy groups -OCH3 is 2. The number of rotatable bonds is 7. The van der Waals surface area contributed by atoms with Crippen LogP contribution in [0.3, 0.4) is 0 Å². The van der Waals surface area contributed by atoms with Gasteiger partial charge in [-0.05, 0) is 13.8 Å². The van der Waals surface area contributed by atoms with E-state index in [0.717, 1.165) is 11.4 Å². The highest BCUT2D eigenvalue weighted by Gasteiger charge is 2.13. The van der Waals surface area contributed by atoms with Crippen LogP contribution >= 0.6 is 0 Å². The molecule has 0 aliphatic carbocycles. The standard InChI is InChI=1S/C12H22N4O3/c1-8-12(13)9(2)16(15-8)6-11(17)14-5-10(19-4)7-18-3/h10H,5-7,13H2,1-4H3,(H,14,17). The van der Waals surface area contributed by atoms with Crippen LogP contribution in [0.4, 0.5) is 5.69 Å². The number of hydrogen-bond donors (Lipinski definition) is 2. The number of aryl methyl sites for hydroxylation is 1. The van der Waals surface area contributed by atoms with Gasteiger partial charge >= 0.3 is 0 Å². The number of nitrogens with two attached hydrogens (primary N) is 1. The van der Waals surface area contributed by atoms with Crippen LogP contribution in [-0.4, -0.2) is 49.2 Å². The largest absolute Gasteiger partial charge is 0.396 e. The maximum atomic E-state index is 11.8. The molecule has 1 aromatic rings. The van der Waals surface area contributed by atoms with Crippen molar-refractivity contribution in [2.45, 2.75) is 26.5 Å². The van der Waals surface area contributed by atoms with E-state index in [1.807, 2.05) is 13.8 Å². The zero-order valence-electron chi connectivity index (χ0n) is 11.9. The SMILES string of the molecule is COCC(CNC(=O)Cn1nc(C)c(N)c1C)OC. The van der Waals surface area contributed by atoms with Gasteiger partial charge in [-0.3, -0.25) is 9.48 Å². The number of nitrogens with zero attached hydrogens (tertiary/aromatic N) is 2. The Balaban J connectivity index is 2.49. The van der Waals surface area contributed by atoms with Crippen LogP contribution in [0.2, 0.25) is 0 Å². The van der Waals surface area contributed by atoms with Gasteiger partial charge in [-0.1, -0.05) is 0 Å². The fourth-order valence-corrected chi connectivity index (χ4v) is 1.68. The van der Waals surface area contributed by atoms with Crippen LogP contribution in [0, 0.1) is 13.8 Å². The minimum Gasteiger partial charge on any atom is -0.396 e. The lowest BCUT2D eigenvalue weighted by Crippen LogP contribution is -2.37. The summed E-state index contributed by atoms with van der Waals surface area (Å²) in [4.78, 5) is 11.8. The fourth-order valence-electron chi connectivity index (χ4n) is 1.68. The van der Waals surface area contributed by atoms with Crippen LogP contribution in [-0.2, 0) is 20.8 Å². The lowest BCUT2D eigenvalue weighted by molar-refractivity contribution is -0.122. The van der Waals surface area contributed by atoms with E-state index in [0.29, 0.717) is 18.8 Å². The van der Waals surface area contributed by atoms with Crippen molar-refractivity contribution in [3.05, 3.63) is 11.4 Å². The number of nitrogens with one attached hydrogen (secondary N) is 1. The molecule has 0 saturated heterocycles. The van der Waals surface area contributed by atoms with E-state index in [4.69, 9.17) is 15.2 Å². The molecule has 1 rings (SSSR count). The molecule has 1 aromatic heterocycles. The average Bonchev–Trinajstić information content (AvgIpc) is 2.62. The summed E-state index contributed by atoms with van der Waals surface area (Å²) in [6.07, 6.45) is -0.153. The van der Waals surface area contributed by atoms with Gasteiger partial charge in [-0.2, -0.15) is 5.10 Å². The summed E-state index contributed by atoms with van der Waals surface area (Å²) in [7, 11) is 3.17. The normalized spacial score (nSPS) is 12.4. The monoisotopic (exact) mass is 270 g/mol. The number of hydrogen-bond acceptors (Lipinski definition) is 5. The molecule has 3 N–H and O–H groups in total. The highest BCUT2D eigenvalue weighted by Crippen LogP contribution is 2.14. The molecular weight excluding hydrogens is 248 g/mol. The van der Waals surface area contributed by atoms with E-state index >= 15 is 0 Å². The van der Waals surface area contributed by atoms with E-state index in [2.05, 4.69) is 10.4 Å². The molecule has 0 bridgehead atoms. The molecule has 108 valence electrons. The molecule has 0 spiro atoms. The third-order valence-corrected chi connectivity index (χ3v) is 2.94. The third kappa shape index (κ3) is 4.22. The molecule has 1 unspecified atom stereocenters. The highest BCUT2D eigenvalue weighted by atomic mass is 16.5. The highest BCUT2D eigenvalue weighted by molar-refractivity contribution is 5.76. The van der Waals surface area contributed by atoms with Crippen molar-refractivity contribution in [3.8, 4) is 0 Å². The molecule has 0 saturated carbocycles. The molecule has 1 atom stereocenters. The molecule has 0 radical (unpaired) electrons. The zero-order chi connectivity index (χ0) is 14.4. The number of anilines is 1. The zero-order valence-corrected chi connectivity index (χ0v) is 11.9. The quantitative estimate of drug-likeness (QED) is 0.719. The maximum absolute atomic E-state index is 11.8. The van der Waals surface area contributed by atoms with Gasteiger partial charge in [0.2, 0.25) is 5.91 Å². The molecule has 0 aliphatic rings. The summed E-state index contributed by atoms with van der Waals surface area (Å²) >= 11 is 0. The van der Waals surface area contributed by atoms with Gasteiger partial charge < -0.3 is 20.5 Å². The van der Waals surface area contributed by atoms with Crippen LogP contribution in [0.5, 0.6) is 0 Å². The van der Waals surface area contributed by atoms with Crippen LogP contribution in [0.1, 0.15) is 11.4 Å². The first-order valence-corrected chi connectivity index (χ1v) is 6.07. The van der Waals surface area contributed by atoms with Crippen LogP contribution in [0.15, 0.2) is 0 Å². The summed E-state index contributed by atoms with van der Waals surface area (Å²) in [6, 6.07) is 0. The number of nitrogen functional groups attached to an aromatic ring is 1. The minimum atomic E-state index is -0.153. The summed E-state index contributed by atoms with van der Waals surface area (Å²) in [5.74, 6) is -0.135. The van der Waals surface area contributed by atoms with Crippen molar-refractivity contribution in [1.29, 1.82) is 0 Å². The number of ether oxygens (including phenoxy) is 2. The molecule has 0 aromatic carbocycles. The van der Waals surface area contributed by atoms with Gasteiger partial charge in [-0.15, -0.1) is 0 Å². The van der Waals surface area contributed by atoms with Crippen molar-refractivity contribution in [1.82, 2.24) is 15.1 Å². The Morgan fingerprint density at radius 1 is 1.47 bits per heavy atom. The summed E-state index contributed by atoms with van der Waals surface area (Å²) < 4.78 is 11.7. The predicted octanol–water partition coefficient (Wildman–Crippen LogP) is -0.140. The van der Waals surface area contributed by atoms with Crippen molar-refractivity contribution in [3.63, 3.8) is 0 Å². The molecule has 7 nitrogen and oxygen atoms in total. The molecule has 0 fully saturated rings. The Morgan fingerprint density at radius 3 is 2.63 bits per heavy atom. The first-order chi connectivity index (χ1) is 8.99. The number of aromatic nitrogens is 2. The topological polar surface area (TPSA) is 91.4 Å². The third-order valence-electron chi connectivity index (χ3n) is 2.94. The van der Waals surface area contributed by atoms with Gasteiger partial charge in [0.25, 0.3) is 0 Å². The Kier molecular flexibility index (Phi) is 5.78. The van der Waals surface area contributed by atoms with Crippen molar-refractivity contribution >= 4 is 11.6 Å². The number of amides is 1. The first-order valence-electron chi connectivity index (χ1n) is 6.07. The van der Waals surface area contributed by atoms with Crippen molar-refractivity contribution in [2.75, 3.05) is 33.1 Å². The number of carbonyl (C=O) groups is 1. The molecular formula is C12H22N4O3. The lowest BCUT2D eigenvalue weighted by Gasteiger charge is -2.15. The summed E-state index contributed by atoms with van der Waals surface area (Å²) in [6.45, 7) is 4.64. The Bertz CT molecular complexity index is 431. The van der Waals surface area contributed by atoms with Gasteiger partial charge in [0, 0.05) is 20.8 Å². The molecule has 1 heterocycles. The lowest BCUT2D eigenvalue weighted by atomic mass is 10.3. The second-order valence-corrected chi connectivity index (χ2v) is 4.36. The molecule has 0 aliphatic heterocycles. The van der Waals surface area contributed by atoms with E-state index in [9.17, 15) is 4.79 Å². The van der Waals surface area contributed by atoms with E-state index in [1.165, 1.54) is 0 Å². The molecule has 19 heavy (non-hydrogen) atoms. The Morgan fingerprint density at radius 2 is 2.16 bits per heavy atom. The van der Waals surface area contributed by atoms with Gasteiger partial charge in [0.1, 0.15) is 6.54 Å². The van der Waals surface area contributed by atoms with E-state index in [1.54, 1.807) is 18.9 Å². The van der Waals surface area contributed by atoms with Crippen molar-refractivity contribution < 1.29 is 14.3 Å². The fraction of sp³-hybridized carbons (Fsp3) is 0.667. The van der Waals surface area contributed by atoms with E-state index in [-0.39, 0.29) is 18.6 Å². The maximum Gasteiger partial charge on any atom is 0.241 e.